The molecule has 5 aromatic rings. The Bertz CT molecular complexity index is 1810. The summed E-state index contributed by atoms with van der Waals surface area (Å²) in [5.41, 5.74) is -0.155. The van der Waals surface area contributed by atoms with E-state index in [1.807, 2.05) is 48.5 Å². The van der Waals surface area contributed by atoms with Crippen molar-refractivity contribution in [1.82, 2.24) is 14.5 Å². The van der Waals surface area contributed by atoms with E-state index in [9.17, 15) is 29.3 Å². The summed E-state index contributed by atoms with van der Waals surface area (Å²) in [6, 6.07) is 18.1. The number of hydrogen-bond acceptors (Lipinski definition) is 8. The first-order chi connectivity index (χ1) is 19.3. The number of carbonyl (C=O) groups is 1. The number of aromatic nitrogens is 2. The molecule has 2 heterocycles. The monoisotopic (exact) mass is 561 g/mol. The number of ether oxygens (including phenoxy) is 1. The first kappa shape index (κ1) is 26.2. The number of hydrogen-bond donors (Lipinski definition) is 2. The summed E-state index contributed by atoms with van der Waals surface area (Å²) in [6.07, 6.45) is -2.48. The predicted molar refractivity (Wildman–Crippen MR) is 144 cm³/mol. The minimum atomic E-state index is -3.14. The van der Waals surface area contributed by atoms with Crippen LogP contribution < -0.4 is 10.8 Å². The number of aliphatic hydroxyl groups is 1. The van der Waals surface area contributed by atoms with Gasteiger partial charge >= 0.3 is 13.9 Å². The molecule has 0 radical (unpaired) electrons. The standard InChI is InChI=1S/C28H24N3O8P/c1-30(25-26(39-40(36)37)20(14-32)38-27(25)31-12-11-21(33)29-28(31)35)22(34)13-18-8-7-17-6-5-15-3-2-4-16-9-10-19(18)24(17)23(15)16/h2-12,20,25-27,32H,13-14H2,1H3,(H-,29,33,35,36,37)/t20-,25-,26-,27-/m1/s1. The van der Waals surface area contributed by atoms with Gasteiger partial charge in [0.25, 0.3) is 0 Å². The highest BCUT2D eigenvalue weighted by molar-refractivity contribution is 7.32. The lowest BCUT2D eigenvalue weighted by Crippen LogP contribution is -2.50. The van der Waals surface area contributed by atoms with Crippen molar-refractivity contribution in [2.24, 2.45) is 0 Å². The van der Waals surface area contributed by atoms with Crippen LogP contribution in [0.25, 0.3) is 32.3 Å². The molecule has 5 atom stereocenters. The van der Waals surface area contributed by atoms with Gasteiger partial charge in [0.05, 0.1) is 13.0 Å². The van der Waals surface area contributed by atoms with E-state index in [1.165, 1.54) is 18.1 Å². The first-order valence-electron chi connectivity index (χ1n) is 12.5. The van der Waals surface area contributed by atoms with Crippen LogP contribution in [-0.4, -0.2) is 62.3 Å². The molecule has 2 N–H and O–H groups in total. The molecular formula is C28H24N3O8P. The minimum Gasteiger partial charge on any atom is -0.858 e. The number of amides is 1. The van der Waals surface area contributed by atoms with Crippen LogP contribution in [0.4, 0.5) is 0 Å². The topological polar surface area (TPSA) is 154 Å². The predicted octanol–water partition coefficient (Wildman–Crippen LogP) is 2.21. The number of rotatable bonds is 7. The fraction of sp³-hybridized carbons (Fsp3) is 0.250. The maximum absolute atomic E-state index is 13.8. The van der Waals surface area contributed by atoms with E-state index in [2.05, 4.69) is 11.1 Å². The van der Waals surface area contributed by atoms with E-state index >= 15 is 0 Å². The van der Waals surface area contributed by atoms with E-state index in [-0.39, 0.29) is 12.3 Å². The van der Waals surface area contributed by atoms with Crippen molar-refractivity contribution in [1.29, 1.82) is 0 Å². The Hall–Kier alpha value is -3.99. The van der Waals surface area contributed by atoms with Gasteiger partial charge in [-0.05, 0) is 49.8 Å². The Morgan fingerprint density at radius 2 is 1.77 bits per heavy atom. The van der Waals surface area contributed by atoms with Crippen LogP contribution in [0.15, 0.2) is 71.7 Å². The second kappa shape index (κ2) is 10.2. The molecule has 6 rings (SSSR count). The van der Waals surface area contributed by atoms with E-state index < -0.39 is 50.9 Å². The molecule has 1 saturated heterocycles. The quantitative estimate of drug-likeness (QED) is 0.225. The third-order valence-electron chi connectivity index (χ3n) is 7.58. The molecule has 0 bridgehead atoms. The summed E-state index contributed by atoms with van der Waals surface area (Å²) < 4.78 is 23.7. The highest BCUT2D eigenvalue weighted by Crippen LogP contribution is 2.39. The average molecular weight is 561 g/mol. The molecule has 1 aromatic heterocycles. The van der Waals surface area contributed by atoms with E-state index in [4.69, 9.17) is 9.26 Å². The SMILES string of the molecule is CN(C(=O)Cc1ccc2ccc3cccc4ccc1c2c34)[C@@H]1[C@H](O[P+](=O)O)[C@@H](CO)O[C@H]1n1ccc([O-])nc1=O. The third kappa shape index (κ3) is 4.38. The Morgan fingerprint density at radius 3 is 2.45 bits per heavy atom. The second-order valence-corrected chi connectivity index (χ2v) is 10.5. The second-order valence-electron chi connectivity index (χ2n) is 9.76. The molecule has 1 aliphatic heterocycles. The number of carbonyl (C=O) groups excluding carboxylic acids is 1. The molecule has 0 spiro atoms. The zero-order chi connectivity index (χ0) is 28.1. The van der Waals surface area contributed by atoms with Crippen molar-refractivity contribution >= 4 is 46.5 Å². The van der Waals surface area contributed by atoms with E-state index in [0.717, 1.165) is 48.5 Å². The fourth-order valence-electron chi connectivity index (χ4n) is 5.74. The lowest BCUT2D eigenvalue weighted by atomic mass is 9.91. The maximum atomic E-state index is 13.8. The summed E-state index contributed by atoms with van der Waals surface area (Å²) in [6.45, 7) is -0.611. The van der Waals surface area contributed by atoms with Crippen molar-refractivity contribution in [3.05, 3.63) is 82.9 Å². The van der Waals surface area contributed by atoms with Gasteiger partial charge in [0.15, 0.2) is 12.3 Å². The van der Waals surface area contributed by atoms with E-state index in [1.54, 1.807) is 0 Å². The molecule has 12 heteroatoms. The van der Waals surface area contributed by atoms with Gasteiger partial charge in [0.2, 0.25) is 5.91 Å². The highest BCUT2D eigenvalue weighted by atomic mass is 31.1. The smallest absolute Gasteiger partial charge is 0.695 e. The van der Waals surface area contributed by atoms with Crippen LogP contribution >= 0.6 is 8.25 Å². The largest absolute Gasteiger partial charge is 0.858 e. The van der Waals surface area contributed by atoms with Gasteiger partial charge in [-0.15, -0.1) is 9.42 Å². The molecule has 0 saturated carbocycles. The van der Waals surface area contributed by atoms with Gasteiger partial charge in [-0.3, -0.25) is 9.36 Å². The number of likely N-dealkylation sites (N-methyl/N-ethyl adjacent to an activating group) is 1. The summed E-state index contributed by atoms with van der Waals surface area (Å²) in [7, 11) is -1.67. The van der Waals surface area contributed by atoms with Crippen molar-refractivity contribution in [2.75, 3.05) is 13.7 Å². The molecule has 11 nitrogen and oxygen atoms in total. The summed E-state index contributed by atoms with van der Waals surface area (Å²) in [5.74, 6) is -1.13. The molecule has 1 unspecified atom stereocenters. The van der Waals surface area contributed by atoms with Crippen LogP contribution in [0.3, 0.4) is 0 Å². The van der Waals surface area contributed by atoms with Gasteiger partial charge < -0.3 is 19.8 Å². The molecule has 40 heavy (non-hydrogen) atoms. The number of nitrogens with zero attached hydrogens (tertiary/aromatic N) is 3. The lowest BCUT2D eigenvalue weighted by Gasteiger charge is -2.31. The van der Waals surface area contributed by atoms with Crippen molar-refractivity contribution in [3.8, 4) is 5.88 Å². The first-order valence-corrected chi connectivity index (χ1v) is 13.7. The lowest BCUT2D eigenvalue weighted by molar-refractivity contribution is -0.275. The summed E-state index contributed by atoms with van der Waals surface area (Å²) in [5, 5.41) is 27.8. The van der Waals surface area contributed by atoms with Gasteiger partial charge in [-0.25, -0.2) is 9.78 Å². The van der Waals surface area contributed by atoms with Crippen LogP contribution in [0, 0.1) is 0 Å². The molecule has 0 aliphatic carbocycles. The third-order valence-corrected chi connectivity index (χ3v) is 8.00. The van der Waals surface area contributed by atoms with Gasteiger partial charge in [-0.1, -0.05) is 54.6 Å². The van der Waals surface area contributed by atoms with Crippen LogP contribution in [0.5, 0.6) is 5.88 Å². The highest BCUT2D eigenvalue weighted by Gasteiger charge is 2.53. The number of aliphatic hydroxyl groups excluding tert-OH is 1. The van der Waals surface area contributed by atoms with Crippen molar-refractivity contribution in [2.45, 2.75) is 30.9 Å². The zero-order valence-electron chi connectivity index (χ0n) is 21.2. The van der Waals surface area contributed by atoms with Crippen molar-refractivity contribution in [3.63, 3.8) is 0 Å². The molecular weight excluding hydrogens is 537 g/mol. The maximum Gasteiger partial charge on any atom is 0.695 e. The number of benzene rings is 4. The normalized spacial score (nSPS) is 21.4. The Kier molecular flexibility index (Phi) is 6.69. The van der Waals surface area contributed by atoms with Crippen molar-refractivity contribution < 1.29 is 33.7 Å². The molecule has 1 fully saturated rings. The minimum absolute atomic E-state index is 0.0255. The molecule has 1 amide bonds. The van der Waals surface area contributed by atoms with E-state index in [0.29, 0.717) is 0 Å². The molecule has 1 aliphatic rings. The zero-order valence-corrected chi connectivity index (χ0v) is 22.1. The summed E-state index contributed by atoms with van der Waals surface area (Å²) in [4.78, 5) is 40.5. The molecule has 4 aromatic carbocycles. The average Bonchev–Trinajstić information content (AvgIpc) is 3.29. The van der Waals surface area contributed by atoms with Crippen LogP contribution in [0.2, 0.25) is 0 Å². The Balaban J connectivity index is 1.39. The van der Waals surface area contributed by atoms with Crippen LogP contribution in [0.1, 0.15) is 11.8 Å². The summed E-state index contributed by atoms with van der Waals surface area (Å²) >= 11 is 0. The van der Waals surface area contributed by atoms with Crippen LogP contribution in [-0.2, 0) is 25.0 Å². The Labute approximate surface area is 228 Å². The van der Waals surface area contributed by atoms with Gasteiger partial charge in [0, 0.05) is 17.8 Å². The molecule has 204 valence electrons. The Morgan fingerprint density at radius 1 is 1.10 bits per heavy atom. The van der Waals surface area contributed by atoms with Gasteiger partial charge in [0.1, 0.15) is 12.1 Å². The van der Waals surface area contributed by atoms with Gasteiger partial charge in [-0.2, -0.15) is 0 Å². The fourth-order valence-corrected chi connectivity index (χ4v) is 6.21.